The summed E-state index contributed by atoms with van der Waals surface area (Å²) >= 11 is 0. The molecule has 0 spiro atoms. The molecule has 30 heavy (non-hydrogen) atoms. The number of piperazine rings is 1. The van der Waals surface area contributed by atoms with Crippen molar-refractivity contribution >= 4 is 21.5 Å². The molecule has 0 aromatic carbocycles. The Bertz CT molecular complexity index is 978. The van der Waals surface area contributed by atoms with Crippen LogP contribution >= 0.6 is 0 Å². The van der Waals surface area contributed by atoms with Crippen LogP contribution in [0.15, 0.2) is 23.5 Å². The molecule has 164 valence electrons. The largest absolute Gasteiger partial charge is 0.378 e. The number of sulfonamides is 1. The number of imidazole rings is 1. The number of morpholine rings is 1. The molecule has 0 radical (unpaired) electrons. The molecule has 2 saturated heterocycles. The number of aromatic nitrogens is 4. The molecule has 2 aromatic rings. The first kappa shape index (κ1) is 21.0. The number of aryl methyl sites for hydroxylation is 1. The Morgan fingerprint density at radius 1 is 1.03 bits per heavy atom. The maximum Gasteiger partial charge on any atom is 0.262 e. The molecule has 4 heterocycles. The Labute approximate surface area is 177 Å². The van der Waals surface area contributed by atoms with Gasteiger partial charge in [0.15, 0.2) is 10.8 Å². The van der Waals surface area contributed by atoms with Gasteiger partial charge in [-0.15, -0.1) is 5.10 Å². The lowest BCUT2D eigenvalue weighted by molar-refractivity contribution is 0.122. The SMILES string of the molecule is CC(C)c1nc(S(=O)(=O)N2CCN(c3cc(N4CCOCC4)cnn3)CC2)cn1C. The van der Waals surface area contributed by atoms with Crippen LogP contribution in [0.4, 0.5) is 11.5 Å². The van der Waals surface area contributed by atoms with E-state index in [9.17, 15) is 8.42 Å². The highest BCUT2D eigenvalue weighted by Crippen LogP contribution is 2.24. The number of hydrogen-bond donors (Lipinski definition) is 0. The molecule has 0 aliphatic carbocycles. The smallest absolute Gasteiger partial charge is 0.262 e. The van der Waals surface area contributed by atoms with Gasteiger partial charge in [0.2, 0.25) is 0 Å². The van der Waals surface area contributed by atoms with Gasteiger partial charge in [-0.25, -0.2) is 13.4 Å². The van der Waals surface area contributed by atoms with Crippen LogP contribution in [0.1, 0.15) is 25.6 Å². The van der Waals surface area contributed by atoms with Crippen molar-refractivity contribution < 1.29 is 13.2 Å². The minimum absolute atomic E-state index is 0.122. The van der Waals surface area contributed by atoms with Gasteiger partial charge in [-0.2, -0.15) is 9.40 Å². The Hall–Kier alpha value is -2.24. The van der Waals surface area contributed by atoms with Crippen molar-refractivity contribution in [3.05, 3.63) is 24.3 Å². The average molecular weight is 436 g/mol. The zero-order valence-corrected chi connectivity index (χ0v) is 18.5. The van der Waals surface area contributed by atoms with E-state index in [-0.39, 0.29) is 10.9 Å². The van der Waals surface area contributed by atoms with Crippen LogP contribution in [-0.2, 0) is 21.8 Å². The van der Waals surface area contributed by atoms with Crippen molar-refractivity contribution in [1.29, 1.82) is 0 Å². The van der Waals surface area contributed by atoms with Gasteiger partial charge in [-0.1, -0.05) is 13.8 Å². The van der Waals surface area contributed by atoms with E-state index in [1.807, 2.05) is 27.0 Å². The maximum absolute atomic E-state index is 13.1. The fraction of sp³-hybridized carbons (Fsp3) is 0.632. The standard InChI is InChI=1S/C19H29N7O3S/c1-15(2)19-21-18(14-23(19)3)30(27,28)26-6-4-25(5-7-26)17-12-16(13-20-22-17)24-8-10-29-11-9-24/h12-15H,4-11H2,1-3H3. The second kappa shape index (κ2) is 8.48. The summed E-state index contributed by atoms with van der Waals surface area (Å²) in [5.74, 6) is 1.70. The number of ether oxygens (including phenoxy) is 1. The van der Waals surface area contributed by atoms with Crippen molar-refractivity contribution in [2.24, 2.45) is 7.05 Å². The third-order valence-electron chi connectivity index (χ3n) is 5.58. The van der Waals surface area contributed by atoms with E-state index >= 15 is 0 Å². The highest BCUT2D eigenvalue weighted by molar-refractivity contribution is 7.89. The summed E-state index contributed by atoms with van der Waals surface area (Å²) in [6.07, 6.45) is 3.37. The van der Waals surface area contributed by atoms with Gasteiger partial charge in [0.05, 0.1) is 25.1 Å². The lowest BCUT2D eigenvalue weighted by Gasteiger charge is -2.34. The minimum atomic E-state index is -3.61. The molecule has 0 atom stereocenters. The second-order valence-electron chi connectivity index (χ2n) is 7.97. The minimum Gasteiger partial charge on any atom is -0.378 e. The highest BCUT2D eigenvalue weighted by Gasteiger charge is 2.31. The van der Waals surface area contributed by atoms with Crippen molar-refractivity contribution in [3.63, 3.8) is 0 Å². The molecule has 2 aliphatic heterocycles. The van der Waals surface area contributed by atoms with Crippen molar-refractivity contribution in [2.75, 3.05) is 62.3 Å². The van der Waals surface area contributed by atoms with E-state index in [0.717, 1.165) is 30.4 Å². The van der Waals surface area contributed by atoms with Crippen molar-refractivity contribution in [1.82, 2.24) is 24.1 Å². The van der Waals surface area contributed by atoms with Crippen LogP contribution in [0.5, 0.6) is 0 Å². The summed E-state index contributed by atoms with van der Waals surface area (Å²) in [5, 5.41) is 8.55. The van der Waals surface area contributed by atoms with Gasteiger partial charge >= 0.3 is 0 Å². The molecule has 2 fully saturated rings. The quantitative estimate of drug-likeness (QED) is 0.677. The number of hydrogen-bond acceptors (Lipinski definition) is 8. The molecular formula is C19H29N7O3S. The van der Waals surface area contributed by atoms with Crippen LogP contribution < -0.4 is 9.80 Å². The first-order valence-electron chi connectivity index (χ1n) is 10.3. The molecule has 0 bridgehead atoms. The normalized spacial score (nSPS) is 18.9. The van der Waals surface area contributed by atoms with Crippen molar-refractivity contribution in [3.8, 4) is 0 Å². The summed E-state index contributed by atoms with van der Waals surface area (Å²) in [4.78, 5) is 8.69. The van der Waals surface area contributed by atoms with Crippen LogP contribution in [0.3, 0.4) is 0 Å². The number of nitrogens with zero attached hydrogens (tertiary/aromatic N) is 7. The molecule has 0 saturated carbocycles. The molecule has 4 rings (SSSR count). The molecule has 10 nitrogen and oxygen atoms in total. The van der Waals surface area contributed by atoms with E-state index < -0.39 is 10.0 Å². The lowest BCUT2D eigenvalue weighted by Crippen LogP contribution is -2.49. The van der Waals surface area contributed by atoms with Gasteiger partial charge in [-0.05, 0) is 0 Å². The summed E-state index contributed by atoms with van der Waals surface area (Å²) in [6, 6.07) is 2.02. The van der Waals surface area contributed by atoms with E-state index in [4.69, 9.17) is 4.74 Å². The van der Waals surface area contributed by atoms with E-state index in [1.165, 1.54) is 4.31 Å². The van der Waals surface area contributed by atoms with Gasteiger partial charge in [0, 0.05) is 64.5 Å². The van der Waals surface area contributed by atoms with Gasteiger partial charge in [-0.3, -0.25) is 0 Å². The highest BCUT2D eigenvalue weighted by atomic mass is 32.2. The number of anilines is 2. The van der Waals surface area contributed by atoms with Crippen LogP contribution in [-0.4, -0.2) is 85.0 Å². The Morgan fingerprint density at radius 3 is 2.37 bits per heavy atom. The van der Waals surface area contributed by atoms with Crippen LogP contribution in [0.25, 0.3) is 0 Å². The fourth-order valence-electron chi connectivity index (χ4n) is 3.90. The second-order valence-corrected chi connectivity index (χ2v) is 9.85. The molecule has 0 unspecified atom stereocenters. The zero-order valence-electron chi connectivity index (χ0n) is 17.7. The summed E-state index contributed by atoms with van der Waals surface area (Å²) < 4.78 is 34.8. The van der Waals surface area contributed by atoms with Gasteiger partial charge in [0.1, 0.15) is 5.82 Å². The van der Waals surface area contributed by atoms with E-state index in [0.29, 0.717) is 39.4 Å². The summed E-state index contributed by atoms with van der Waals surface area (Å²) in [5.41, 5.74) is 1.02. The third kappa shape index (κ3) is 4.14. The average Bonchev–Trinajstić information content (AvgIpc) is 3.17. The Kier molecular flexibility index (Phi) is 5.94. The molecule has 11 heteroatoms. The fourth-order valence-corrected chi connectivity index (χ4v) is 5.31. The first-order chi connectivity index (χ1) is 14.4. The van der Waals surface area contributed by atoms with E-state index in [1.54, 1.807) is 17.0 Å². The molecule has 2 aromatic heterocycles. The Balaban J connectivity index is 1.44. The molecule has 2 aliphatic rings. The summed E-state index contributed by atoms with van der Waals surface area (Å²) in [6.45, 7) is 8.99. The van der Waals surface area contributed by atoms with E-state index in [2.05, 4.69) is 25.0 Å². The molecule has 0 amide bonds. The first-order valence-corrected chi connectivity index (χ1v) is 11.7. The van der Waals surface area contributed by atoms with Gasteiger partial charge < -0.3 is 19.1 Å². The van der Waals surface area contributed by atoms with Crippen LogP contribution in [0.2, 0.25) is 0 Å². The molecule has 0 N–H and O–H groups in total. The van der Waals surface area contributed by atoms with Gasteiger partial charge in [0.25, 0.3) is 10.0 Å². The monoisotopic (exact) mass is 435 g/mol. The van der Waals surface area contributed by atoms with Crippen LogP contribution in [0, 0.1) is 0 Å². The summed E-state index contributed by atoms with van der Waals surface area (Å²) in [7, 11) is -1.78. The van der Waals surface area contributed by atoms with Crippen molar-refractivity contribution in [2.45, 2.75) is 24.8 Å². The predicted molar refractivity (Wildman–Crippen MR) is 113 cm³/mol. The maximum atomic E-state index is 13.1. The number of rotatable bonds is 5. The molecular weight excluding hydrogens is 406 g/mol. The zero-order chi connectivity index (χ0) is 21.3. The third-order valence-corrected chi connectivity index (χ3v) is 7.35. The predicted octanol–water partition coefficient (Wildman–Crippen LogP) is 0.681. The Morgan fingerprint density at radius 2 is 1.73 bits per heavy atom. The topological polar surface area (TPSA) is 96.7 Å². The lowest BCUT2D eigenvalue weighted by atomic mass is 10.2.